The van der Waals surface area contributed by atoms with E-state index in [1.807, 2.05) is 37.3 Å². The number of aryl methyl sites for hydroxylation is 3. The molecule has 0 spiro atoms. The number of thioether (sulfide) groups is 1. The molecule has 0 aliphatic heterocycles. The number of H-pyrrole nitrogens is 1. The van der Waals surface area contributed by atoms with Crippen LogP contribution in [0.1, 0.15) is 34.7 Å². The Kier molecular flexibility index (Phi) is 5.50. The van der Waals surface area contributed by atoms with Crippen molar-refractivity contribution in [3.05, 3.63) is 62.5 Å². The van der Waals surface area contributed by atoms with Gasteiger partial charge in [0.05, 0.1) is 21.7 Å². The lowest BCUT2D eigenvalue weighted by atomic mass is 9.97. The molecule has 1 N–H and O–H groups in total. The lowest BCUT2D eigenvalue weighted by Gasteiger charge is -2.09. The fourth-order valence-electron chi connectivity index (χ4n) is 3.99. The maximum Gasteiger partial charge on any atom is 0.316 e. The van der Waals surface area contributed by atoms with E-state index in [0.717, 1.165) is 57.6 Å². The number of pyridine rings is 1. The van der Waals surface area contributed by atoms with Gasteiger partial charge < -0.3 is 9.72 Å². The number of ether oxygens (including phenoxy) is 1. The highest BCUT2D eigenvalue weighted by molar-refractivity contribution is 7.99. The molecule has 31 heavy (non-hydrogen) atoms. The molecule has 0 radical (unpaired) electrons. The number of thiophene rings is 1. The van der Waals surface area contributed by atoms with E-state index in [0.29, 0.717) is 11.2 Å². The summed E-state index contributed by atoms with van der Waals surface area (Å²) < 4.78 is 5.36. The molecule has 5 rings (SSSR count). The number of carbonyl (C=O) groups excluding carboxylic acids is 1. The van der Waals surface area contributed by atoms with E-state index in [1.165, 1.54) is 16.6 Å². The van der Waals surface area contributed by atoms with Crippen molar-refractivity contribution in [1.82, 2.24) is 15.0 Å². The summed E-state index contributed by atoms with van der Waals surface area (Å²) >= 11 is 2.93. The Morgan fingerprint density at radius 1 is 1.23 bits per heavy atom. The Bertz CT molecular complexity index is 1360. The molecule has 1 aliphatic rings. The number of rotatable bonds is 5. The molecule has 4 aromatic rings. The molecule has 0 saturated heterocycles. The Morgan fingerprint density at radius 3 is 2.97 bits per heavy atom. The van der Waals surface area contributed by atoms with Gasteiger partial charge in [-0.2, -0.15) is 0 Å². The number of aromatic amines is 1. The van der Waals surface area contributed by atoms with Crippen molar-refractivity contribution < 1.29 is 9.53 Å². The number of fused-ring (bicyclic) bond motifs is 4. The third-order valence-corrected chi connectivity index (χ3v) is 7.55. The van der Waals surface area contributed by atoms with Crippen LogP contribution >= 0.6 is 23.1 Å². The molecule has 3 aromatic heterocycles. The summed E-state index contributed by atoms with van der Waals surface area (Å²) in [4.78, 5) is 38.8. The van der Waals surface area contributed by atoms with E-state index in [4.69, 9.17) is 4.74 Å². The van der Waals surface area contributed by atoms with Gasteiger partial charge in [0.25, 0.3) is 5.56 Å². The minimum atomic E-state index is -0.370. The predicted molar refractivity (Wildman–Crippen MR) is 124 cm³/mol. The first-order chi connectivity index (χ1) is 15.1. The lowest BCUT2D eigenvalue weighted by Crippen LogP contribution is -2.15. The van der Waals surface area contributed by atoms with Gasteiger partial charge in [-0.1, -0.05) is 30.0 Å². The summed E-state index contributed by atoms with van der Waals surface area (Å²) in [6, 6.07) is 9.92. The molecule has 1 aromatic carbocycles. The SMILES string of the molecule is Cc1cc(SCC(=O)OCc2nc3sc4c(c3c(=O)[nH]2)CCCC4)nc2ccccc12. The molecule has 158 valence electrons. The van der Waals surface area contributed by atoms with Crippen LogP contribution in [0.4, 0.5) is 0 Å². The number of nitrogens with zero attached hydrogens (tertiary/aromatic N) is 2. The monoisotopic (exact) mass is 451 g/mol. The van der Waals surface area contributed by atoms with Crippen LogP contribution in [-0.2, 0) is 29.0 Å². The molecule has 8 heteroatoms. The van der Waals surface area contributed by atoms with Gasteiger partial charge >= 0.3 is 5.97 Å². The van der Waals surface area contributed by atoms with Gasteiger partial charge in [0.2, 0.25) is 0 Å². The molecule has 0 atom stereocenters. The summed E-state index contributed by atoms with van der Waals surface area (Å²) in [7, 11) is 0. The van der Waals surface area contributed by atoms with Crippen LogP contribution in [0.3, 0.4) is 0 Å². The first-order valence-corrected chi connectivity index (χ1v) is 12.1. The Labute approximate surface area is 187 Å². The summed E-state index contributed by atoms with van der Waals surface area (Å²) in [5, 5.41) is 2.60. The zero-order chi connectivity index (χ0) is 21.4. The molecule has 6 nitrogen and oxygen atoms in total. The van der Waals surface area contributed by atoms with Crippen molar-refractivity contribution in [2.45, 2.75) is 44.2 Å². The van der Waals surface area contributed by atoms with E-state index >= 15 is 0 Å². The van der Waals surface area contributed by atoms with Gasteiger partial charge in [-0.15, -0.1) is 11.3 Å². The van der Waals surface area contributed by atoms with E-state index in [9.17, 15) is 9.59 Å². The molecular formula is C23H21N3O3S2. The molecule has 0 unspecified atom stereocenters. The minimum absolute atomic E-state index is 0.0443. The standard InChI is InChI=1S/C23H21N3O3S2/c1-13-10-19(24-16-8-4-2-6-14(13)16)30-12-20(27)29-11-18-25-22(28)21-15-7-3-5-9-17(15)31-23(21)26-18/h2,4,6,8,10H,3,5,7,9,11-12H2,1H3,(H,25,26,28). The zero-order valence-corrected chi connectivity index (χ0v) is 18.7. The summed E-state index contributed by atoms with van der Waals surface area (Å²) in [5.74, 6) is 0.157. The Balaban J connectivity index is 1.24. The van der Waals surface area contributed by atoms with Crippen LogP contribution in [0.25, 0.3) is 21.1 Å². The molecule has 0 bridgehead atoms. The number of para-hydroxylation sites is 1. The van der Waals surface area contributed by atoms with Crippen molar-refractivity contribution >= 4 is 50.2 Å². The quantitative estimate of drug-likeness (QED) is 0.354. The Morgan fingerprint density at radius 2 is 2.06 bits per heavy atom. The topological polar surface area (TPSA) is 84.9 Å². The fraction of sp³-hybridized carbons (Fsp3) is 0.304. The van der Waals surface area contributed by atoms with Gasteiger partial charge in [0, 0.05) is 10.3 Å². The largest absolute Gasteiger partial charge is 0.457 e. The number of aromatic nitrogens is 3. The molecular weight excluding hydrogens is 430 g/mol. The number of esters is 1. The van der Waals surface area contributed by atoms with Gasteiger partial charge in [-0.3, -0.25) is 9.59 Å². The van der Waals surface area contributed by atoms with Crippen molar-refractivity contribution in [2.75, 3.05) is 5.75 Å². The first kappa shape index (κ1) is 20.2. The first-order valence-electron chi connectivity index (χ1n) is 10.3. The number of carbonyl (C=O) groups is 1. The van der Waals surface area contributed by atoms with E-state index in [2.05, 4.69) is 15.0 Å². The van der Waals surface area contributed by atoms with Crippen LogP contribution in [0, 0.1) is 6.92 Å². The molecule has 0 amide bonds. The molecule has 0 fully saturated rings. The minimum Gasteiger partial charge on any atom is -0.457 e. The average Bonchev–Trinajstić information content (AvgIpc) is 3.15. The van der Waals surface area contributed by atoms with Crippen molar-refractivity contribution in [1.29, 1.82) is 0 Å². The number of hydrogen-bond acceptors (Lipinski definition) is 7. The van der Waals surface area contributed by atoms with Crippen molar-refractivity contribution in [3.8, 4) is 0 Å². The van der Waals surface area contributed by atoms with E-state index < -0.39 is 0 Å². The van der Waals surface area contributed by atoms with Gasteiger partial charge in [0.15, 0.2) is 0 Å². The molecule has 3 heterocycles. The highest BCUT2D eigenvalue weighted by Gasteiger charge is 2.20. The number of nitrogens with one attached hydrogen (secondary N) is 1. The molecule has 0 saturated carbocycles. The second-order valence-electron chi connectivity index (χ2n) is 7.65. The maximum atomic E-state index is 12.6. The zero-order valence-electron chi connectivity index (χ0n) is 17.1. The maximum absolute atomic E-state index is 12.6. The number of benzene rings is 1. The van der Waals surface area contributed by atoms with Gasteiger partial charge in [-0.05, 0) is 55.9 Å². The summed E-state index contributed by atoms with van der Waals surface area (Å²) in [5.41, 5.74) is 3.04. The van der Waals surface area contributed by atoms with Crippen LogP contribution in [0.15, 0.2) is 40.2 Å². The van der Waals surface area contributed by atoms with Crippen molar-refractivity contribution in [2.24, 2.45) is 0 Å². The van der Waals surface area contributed by atoms with Crippen LogP contribution in [-0.4, -0.2) is 26.7 Å². The Hall–Kier alpha value is -2.71. The lowest BCUT2D eigenvalue weighted by molar-refractivity contribution is -0.141. The third-order valence-electron chi connectivity index (χ3n) is 5.48. The smallest absolute Gasteiger partial charge is 0.316 e. The highest BCUT2D eigenvalue weighted by Crippen LogP contribution is 2.33. The average molecular weight is 452 g/mol. The van der Waals surface area contributed by atoms with E-state index in [-0.39, 0.29) is 23.9 Å². The summed E-state index contributed by atoms with van der Waals surface area (Å²) in [6.07, 6.45) is 4.22. The van der Waals surface area contributed by atoms with Gasteiger partial charge in [-0.25, -0.2) is 9.97 Å². The van der Waals surface area contributed by atoms with Crippen LogP contribution < -0.4 is 5.56 Å². The molecule has 1 aliphatic carbocycles. The van der Waals surface area contributed by atoms with Crippen LogP contribution in [0.2, 0.25) is 0 Å². The second-order valence-corrected chi connectivity index (χ2v) is 9.73. The van der Waals surface area contributed by atoms with Gasteiger partial charge in [0.1, 0.15) is 17.3 Å². The predicted octanol–water partition coefficient (Wildman–Crippen LogP) is 4.56. The number of hydrogen-bond donors (Lipinski definition) is 1. The van der Waals surface area contributed by atoms with Crippen molar-refractivity contribution in [3.63, 3.8) is 0 Å². The third kappa shape index (κ3) is 4.09. The van der Waals surface area contributed by atoms with Crippen LogP contribution in [0.5, 0.6) is 0 Å². The van der Waals surface area contributed by atoms with E-state index in [1.54, 1.807) is 11.3 Å². The highest BCUT2D eigenvalue weighted by atomic mass is 32.2. The normalized spacial score (nSPS) is 13.5. The fourth-order valence-corrected chi connectivity index (χ4v) is 6.05. The summed E-state index contributed by atoms with van der Waals surface area (Å²) in [6.45, 7) is 1.99. The second kappa shape index (κ2) is 8.43.